The maximum absolute atomic E-state index is 13.3. The number of benzene rings is 2. The zero-order chi connectivity index (χ0) is 22.7. The van der Waals surface area contributed by atoms with Crippen molar-refractivity contribution in [3.8, 4) is 11.5 Å². The van der Waals surface area contributed by atoms with Gasteiger partial charge in [-0.25, -0.2) is 4.98 Å². The Hall–Kier alpha value is -2.52. The van der Waals surface area contributed by atoms with Gasteiger partial charge in [-0.05, 0) is 36.8 Å². The second-order valence-corrected chi connectivity index (χ2v) is 8.75. The molecule has 0 unspecified atom stereocenters. The minimum absolute atomic E-state index is 0.00267. The summed E-state index contributed by atoms with van der Waals surface area (Å²) in [5.74, 6) is 0.639. The van der Waals surface area contributed by atoms with Crippen LogP contribution in [-0.2, 0) is 4.79 Å². The molecule has 0 fully saturated rings. The van der Waals surface area contributed by atoms with Crippen molar-refractivity contribution in [2.24, 2.45) is 5.10 Å². The van der Waals surface area contributed by atoms with Crippen LogP contribution in [0.15, 0.2) is 49.2 Å². The largest absolute Gasteiger partial charge is 0.493 e. The topological polar surface area (TPSA) is 82.8 Å². The van der Waals surface area contributed by atoms with E-state index in [9.17, 15) is 9.59 Å². The Morgan fingerprint density at radius 3 is 2.65 bits per heavy atom. The number of hydrogen-bond acceptors (Lipinski definition) is 6. The summed E-state index contributed by atoms with van der Waals surface area (Å²) in [6, 6.07) is 8.79. The van der Waals surface area contributed by atoms with Crippen LogP contribution in [0.4, 0.5) is 0 Å². The van der Waals surface area contributed by atoms with Crippen molar-refractivity contribution in [2.75, 3.05) is 7.11 Å². The maximum Gasteiger partial charge on any atom is 0.308 e. The van der Waals surface area contributed by atoms with Gasteiger partial charge in [-0.1, -0.05) is 45.7 Å². The van der Waals surface area contributed by atoms with Gasteiger partial charge < -0.3 is 9.47 Å². The Bertz CT molecular complexity index is 1240. The first-order valence-electron chi connectivity index (χ1n) is 9.57. The Morgan fingerprint density at radius 1 is 1.26 bits per heavy atom. The summed E-state index contributed by atoms with van der Waals surface area (Å²) in [5, 5.41) is 4.89. The predicted octanol–water partition coefficient (Wildman–Crippen LogP) is 5.25. The highest BCUT2D eigenvalue weighted by Gasteiger charge is 2.17. The third kappa shape index (κ3) is 5.04. The van der Waals surface area contributed by atoms with Crippen LogP contribution in [0.1, 0.15) is 44.5 Å². The van der Waals surface area contributed by atoms with Gasteiger partial charge in [0, 0.05) is 27.4 Å². The van der Waals surface area contributed by atoms with Gasteiger partial charge in [-0.15, -0.1) is 0 Å². The fourth-order valence-electron chi connectivity index (χ4n) is 2.99. The van der Waals surface area contributed by atoms with Crippen molar-refractivity contribution in [3.05, 3.63) is 61.0 Å². The highest BCUT2D eigenvalue weighted by atomic mass is 79.9. The van der Waals surface area contributed by atoms with E-state index in [0.717, 1.165) is 10.9 Å². The summed E-state index contributed by atoms with van der Waals surface area (Å²) in [6.45, 7) is 5.32. The van der Waals surface area contributed by atoms with Crippen LogP contribution in [0.2, 0.25) is 0 Å². The quantitative estimate of drug-likeness (QED) is 0.238. The van der Waals surface area contributed by atoms with Gasteiger partial charge in [0.25, 0.3) is 5.56 Å². The molecule has 0 aliphatic rings. The first-order chi connectivity index (χ1) is 14.7. The van der Waals surface area contributed by atoms with E-state index in [2.05, 4.69) is 37.0 Å². The molecule has 1 atom stereocenters. The van der Waals surface area contributed by atoms with Crippen LogP contribution < -0.4 is 15.0 Å². The lowest BCUT2D eigenvalue weighted by atomic mass is 10.1. The standard InChI is InChI=1S/C22H21Br2N3O4/c1-5-12(2)21-26-18-7-6-15(23)9-17(18)22(29)27(21)25-11-14-8-16(24)10-19(30-4)20(14)31-13(3)28/h6-12H,5H2,1-4H3/t12-/m0/s1. The second-order valence-electron chi connectivity index (χ2n) is 6.92. The molecule has 0 radical (unpaired) electrons. The van der Waals surface area contributed by atoms with E-state index >= 15 is 0 Å². The molecular formula is C22H21Br2N3O4. The molecule has 0 aliphatic carbocycles. The third-order valence-corrected chi connectivity index (χ3v) is 5.66. The maximum atomic E-state index is 13.3. The van der Waals surface area contributed by atoms with Crippen LogP contribution in [0.25, 0.3) is 10.9 Å². The molecule has 0 N–H and O–H groups in total. The van der Waals surface area contributed by atoms with Gasteiger partial charge in [0.1, 0.15) is 5.82 Å². The molecule has 0 spiro atoms. The van der Waals surface area contributed by atoms with Gasteiger partial charge in [0.15, 0.2) is 11.5 Å². The van der Waals surface area contributed by atoms with Crippen molar-refractivity contribution >= 4 is 54.9 Å². The number of hydrogen-bond donors (Lipinski definition) is 0. The molecule has 0 saturated heterocycles. The molecule has 2 aromatic carbocycles. The molecule has 0 aliphatic heterocycles. The Balaban J connectivity index is 2.23. The first-order valence-corrected chi connectivity index (χ1v) is 11.2. The molecule has 0 saturated carbocycles. The average Bonchev–Trinajstić information content (AvgIpc) is 2.73. The number of rotatable bonds is 6. The normalized spacial score (nSPS) is 12.3. The fraction of sp³-hybridized carbons (Fsp3) is 0.273. The van der Waals surface area contributed by atoms with Gasteiger partial charge in [0.05, 0.1) is 24.2 Å². The van der Waals surface area contributed by atoms with Crippen LogP contribution in [0, 0.1) is 0 Å². The van der Waals surface area contributed by atoms with Crippen molar-refractivity contribution in [1.82, 2.24) is 9.66 Å². The number of carbonyl (C=O) groups excluding carboxylic acids is 1. The zero-order valence-corrected chi connectivity index (χ0v) is 20.7. The van der Waals surface area contributed by atoms with E-state index < -0.39 is 5.97 Å². The number of methoxy groups -OCH3 is 1. The number of carbonyl (C=O) groups is 1. The highest BCUT2D eigenvalue weighted by molar-refractivity contribution is 9.10. The molecule has 3 aromatic rings. The fourth-order valence-corrected chi connectivity index (χ4v) is 3.80. The van der Waals surface area contributed by atoms with E-state index in [1.807, 2.05) is 19.9 Å². The highest BCUT2D eigenvalue weighted by Crippen LogP contribution is 2.34. The monoisotopic (exact) mass is 549 g/mol. The van der Waals surface area contributed by atoms with Gasteiger partial charge in [-0.2, -0.15) is 9.78 Å². The minimum atomic E-state index is -0.495. The van der Waals surface area contributed by atoms with Crippen molar-refractivity contribution in [3.63, 3.8) is 0 Å². The molecular weight excluding hydrogens is 530 g/mol. The molecule has 0 amide bonds. The second kappa shape index (κ2) is 9.74. The lowest BCUT2D eigenvalue weighted by Crippen LogP contribution is -2.23. The zero-order valence-electron chi connectivity index (χ0n) is 17.5. The lowest BCUT2D eigenvalue weighted by Gasteiger charge is -2.15. The predicted molar refractivity (Wildman–Crippen MR) is 127 cm³/mol. The molecule has 31 heavy (non-hydrogen) atoms. The molecule has 3 rings (SSSR count). The van der Waals surface area contributed by atoms with E-state index in [4.69, 9.17) is 14.5 Å². The number of fused-ring (bicyclic) bond motifs is 1. The SMILES string of the molecule is CC[C@H](C)c1nc2ccc(Br)cc2c(=O)n1N=Cc1cc(Br)cc(OC)c1OC(C)=O. The van der Waals surface area contributed by atoms with E-state index in [1.165, 1.54) is 24.9 Å². The van der Waals surface area contributed by atoms with Crippen molar-refractivity contribution in [1.29, 1.82) is 0 Å². The number of nitrogens with zero attached hydrogens (tertiary/aromatic N) is 3. The van der Waals surface area contributed by atoms with E-state index in [0.29, 0.717) is 32.5 Å². The number of aromatic nitrogens is 2. The number of esters is 1. The molecule has 162 valence electrons. The molecule has 7 nitrogen and oxygen atoms in total. The van der Waals surface area contributed by atoms with Gasteiger partial charge in [0.2, 0.25) is 0 Å². The van der Waals surface area contributed by atoms with Crippen LogP contribution >= 0.6 is 31.9 Å². The van der Waals surface area contributed by atoms with Crippen LogP contribution in [0.5, 0.6) is 11.5 Å². The molecule has 1 aromatic heterocycles. The van der Waals surface area contributed by atoms with Gasteiger partial charge in [-0.3, -0.25) is 9.59 Å². The summed E-state index contributed by atoms with van der Waals surface area (Å²) < 4.78 is 13.5. The first kappa shape index (κ1) is 23.1. The van der Waals surface area contributed by atoms with E-state index in [-0.39, 0.29) is 17.2 Å². The average molecular weight is 551 g/mol. The minimum Gasteiger partial charge on any atom is -0.493 e. The molecule has 1 heterocycles. The summed E-state index contributed by atoms with van der Waals surface area (Å²) in [5.41, 5.74) is 0.797. The lowest BCUT2D eigenvalue weighted by molar-refractivity contribution is -0.132. The third-order valence-electron chi connectivity index (χ3n) is 4.71. The van der Waals surface area contributed by atoms with Crippen LogP contribution in [-0.4, -0.2) is 29.0 Å². The van der Waals surface area contributed by atoms with E-state index in [1.54, 1.807) is 24.3 Å². The Kier molecular flexibility index (Phi) is 7.27. The molecule has 9 heteroatoms. The smallest absolute Gasteiger partial charge is 0.308 e. The molecule has 0 bridgehead atoms. The Labute approximate surface area is 196 Å². The summed E-state index contributed by atoms with van der Waals surface area (Å²) in [4.78, 5) is 29.6. The summed E-state index contributed by atoms with van der Waals surface area (Å²) in [6.07, 6.45) is 2.25. The summed E-state index contributed by atoms with van der Waals surface area (Å²) in [7, 11) is 1.48. The number of halogens is 2. The van der Waals surface area contributed by atoms with Crippen molar-refractivity contribution < 1.29 is 14.3 Å². The number of ether oxygens (including phenoxy) is 2. The Morgan fingerprint density at radius 2 is 2.00 bits per heavy atom. The summed E-state index contributed by atoms with van der Waals surface area (Å²) >= 11 is 6.82. The van der Waals surface area contributed by atoms with Crippen molar-refractivity contribution in [2.45, 2.75) is 33.1 Å². The van der Waals surface area contributed by atoms with Crippen LogP contribution in [0.3, 0.4) is 0 Å². The van der Waals surface area contributed by atoms with Gasteiger partial charge >= 0.3 is 5.97 Å².